The van der Waals surface area contributed by atoms with Crippen molar-refractivity contribution >= 4 is 0 Å². The quantitative estimate of drug-likeness (QED) is 0.768. The van der Waals surface area contributed by atoms with Crippen LogP contribution in [0.4, 0.5) is 0 Å². The van der Waals surface area contributed by atoms with Gasteiger partial charge in [0.25, 0.3) is 0 Å². The maximum Gasteiger partial charge on any atom is 0.190 e. The first-order valence-electron chi connectivity index (χ1n) is 6.27. The van der Waals surface area contributed by atoms with E-state index >= 15 is 0 Å². The van der Waals surface area contributed by atoms with Crippen LogP contribution >= 0.6 is 0 Å². The summed E-state index contributed by atoms with van der Waals surface area (Å²) in [5.74, 6) is 0. The molecule has 0 amide bonds. The highest BCUT2D eigenvalue weighted by molar-refractivity contribution is 5.83. The first kappa shape index (κ1) is 12.1. The molecule has 3 aromatic rings. The Hall–Kier alpha value is -2.93. The lowest BCUT2D eigenvalue weighted by Crippen LogP contribution is -1.88. The average molecular weight is 260 g/mol. The number of H-pyrrole nitrogens is 1. The van der Waals surface area contributed by atoms with Crippen LogP contribution < -0.4 is 0 Å². The number of nitriles is 1. The van der Waals surface area contributed by atoms with Crippen LogP contribution in [-0.2, 0) is 0 Å². The van der Waals surface area contributed by atoms with E-state index < -0.39 is 0 Å². The maximum absolute atomic E-state index is 9.09. The lowest BCUT2D eigenvalue weighted by Gasteiger charge is -2.08. The van der Waals surface area contributed by atoms with Crippen molar-refractivity contribution in [2.75, 3.05) is 0 Å². The second-order valence-corrected chi connectivity index (χ2v) is 4.54. The van der Waals surface area contributed by atoms with Gasteiger partial charge in [-0.05, 0) is 18.1 Å². The predicted molar refractivity (Wildman–Crippen MR) is 76.7 cm³/mol. The summed E-state index contributed by atoms with van der Waals surface area (Å²) in [6.45, 7) is 2.06. The van der Waals surface area contributed by atoms with Gasteiger partial charge >= 0.3 is 0 Å². The summed E-state index contributed by atoms with van der Waals surface area (Å²) in [7, 11) is 0. The van der Waals surface area contributed by atoms with Crippen molar-refractivity contribution < 1.29 is 0 Å². The van der Waals surface area contributed by atoms with E-state index in [1.54, 1.807) is 0 Å². The molecule has 0 aliphatic heterocycles. The summed E-state index contributed by atoms with van der Waals surface area (Å²) < 4.78 is 0. The number of aryl methyl sites for hydroxylation is 1. The minimum Gasteiger partial charge on any atom is -0.196 e. The molecule has 1 aromatic heterocycles. The van der Waals surface area contributed by atoms with Gasteiger partial charge in [0.15, 0.2) is 5.69 Å². The Labute approximate surface area is 116 Å². The van der Waals surface area contributed by atoms with Crippen LogP contribution in [0.1, 0.15) is 11.3 Å². The number of aromatic amines is 1. The molecular formula is C16H12N4. The zero-order chi connectivity index (χ0) is 13.9. The predicted octanol–water partition coefficient (Wildman–Crippen LogP) is 3.32. The highest BCUT2D eigenvalue weighted by Crippen LogP contribution is 2.31. The fraction of sp³-hybridized carbons (Fsp3) is 0.0625. The van der Waals surface area contributed by atoms with Crippen LogP contribution in [0.25, 0.3) is 22.4 Å². The minimum absolute atomic E-state index is 0.310. The van der Waals surface area contributed by atoms with Crippen molar-refractivity contribution in [1.82, 2.24) is 15.4 Å². The van der Waals surface area contributed by atoms with Crippen LogP contribution in [0, 0.1) is 18.3 Å². The lowest BCUT2D eigenvalue weighted by atomic mass is 9.96. The third kappa shape index (κ3) is 2.06. The average Bonchev–Trinajstić information content (AvgIpc) is 2.96. The number of nitrogens with zero attached hydrogens (tertiary/aromatic N) is 3. The van der Waals surface area contributed by atoms with Gasteiger partial charge in [0, 0.05) is 5.56 Å². The van der Waals surface area contributed by atoms with Crippen molar-refractivity contribution in [2.24, 2.45) is 0 Å². The number of rotatable bonds is 2. The fourth-order valence-corrected chi connectivity index (χ4v) is 2.17. The van der Waals surface area contributed by atoms with Crippen LogP contribution in [0.2, 0.25) is 0 Å². The molecule has 0 unspecified atom stereocenters. The molecule has 0 aliphatic carbocycles. The Morgan fingerprint density at radius 3 is 2.35 bits per heavy atom. The van der Waals surface area contributed by atoms with Crippen molar-refractivity contribution in [3.63, 3.8) is 0 Å². The summed E-state index contributed by atoms with van der Waals surface area (Å²) in [5, 5.41) is 19.6. The lowest BCUT2D eigenvalue weighted by molar-refractivity contribution is 0.937. The second kappa shape index (κ2) is 4.98. The Morgan fingerprint density at radius 1 is 0.950 bits per heavy atom. The number of benzene rings is 2. The molecule has 4 heteroatoms. The summed E-state index contributed by atoms with van der Waals surface area (Å²) >= 11 is 0. The van der Waals surface area contributed by atoms with Crippen LogP contribution in [-0.4, -0.2) is 15.4 Å². The van der Waals surface area contributed by atoms with Gasteiger partial charge in [-0.3, -0.25) is 0 Å². The molecular weight excluding hydrogens is 248 g/mol. The van der Waals surface area contributed by atoms with Crippen LogP contribution in [0.15, 0.2) is 48.5 Å². The molecule has 0 bridgehead atoms. The monoisotopic (exact) mass is 260 g/mol. The normalized spacial score (nSPS) is 10.2. The van der Waals surface area contributed by atoms with Gasteiger partial charge in [0.05, 0.1) is 0 Å². The molecule has 4 nitrogen and oxygen atoms in total. The zero-order valence-electron chi connectivity index (χ0n) is 11.0. The third-order valence-corrected chi connectivity index (χ3v) is 3.20. The third-order valence-electron chi connectivity index (χ3n) is 3.20. The van der Waals surface area contributed by atoms with Gasteiger partial charge in [-0.15, -0.1) is 5.10 Å². The molecule has 3 rings (SSSR count). The van der Waals surface area contributed by atoms with E-state index in [4.69, 9.17) is 5.26 Å². The molecule has 0 fully saturated rings. The smallest absolute Gasteiger partial charge is 0.190 e. The molecule has 0 saturated carbocycles. The van der Waals surface area contributed by atoms with E-state index in [0.717, 1.165) is 16.7 Å². The summed E-state index contributed by atoms with van der Waals surface area (Å²) in [5.41, 5.74) is 5.15. The topological polar surface area (TPSA) is 65.4 Å². The Bertz CT molecular complexity index is 779. The molecule has 0 atom stereocenters. The fourth-order valence-electron chi connectivity index (χ4n) is 2.17. The Morgan fingerprint density at radius 2 is 1.65 bits per heavy atom. The summed E-state index contributed by atoms with van der Waals surface area (Å²) in [4.78, 5) is 0. The molecule has 0 aliphatic rings. The van der Waals surface area contributed by atoms with Gasteiger partial charge in [-0.2, -0.15) is 15.6 Å². The van der Waals surface area contributed by atoms with E-state index in [9.17, 15) is 0 Å². The van der Waals surface area contributed by atoms with E-state index in [0.29, 0.717) is 11.4 Å². The van der Waals surface area contributed by atoms with E-state index in [-0.39, 0.29) is 0 Å². The second-order valence-electron chi connectivity index (χ2n) is 4.54. The molecule has 2 aromatic carbocycles. The molecule has 96 valence electrons. The van der Waals surface area contributed by atoms with Gasteiger partial charge < -0.3 is 0 Å². The summed E-state index contributed by atoms with van der Waals surface area (Å²) in [6.07, 6.45) is 0. The van der Waals surface area contributed by atoms with Crippen molar-refractivity contribution in [2.45, 2.75) is 6.92 Å². The van der Waals surface area contributed by atoms with Crippen molar-refractivity contribution in [3.05, 3.63) is 59.8 Å². The SMILES string of the molecule is Cc1ccc(-c2ccccc2-c2n[nH]nc2C#N)cc1. The highest BCUT2D eigenvalue weighted by atomic mass is 15.3. The Kier molecular flexibility index (Phi) is 3.02. The van der Waals surface area contributed by atoms with Gasteiger partial charge in [0.1, 0.15) is 11.8 Å². The zero-order valence-corrected chi connectivity index (χ0v) is 11.0. The number of hydrogen-bond donors (Lipinski definition) is 1. The summed E-state index contributed by atoms with van der Waals surface area (Å²) in [6, 6.07) is 18.2. The molecule has 1 N–H and O–H groups in total. The first-order valence-corrected chi connectivity index (χ1v) is 6.27. The molecule has 0 radical (unpaired) electrons. The molecule has 0 saturated heterocycles. The maximum atomic E-state index is 9.09. The van der Waals surface area contributed by atoms with Crippen molar-refractivity contribution in [3.8, 4) is 28.5 Å². The van der Waals surface area contributed by atoms with E-state index in [2.05, 4.69) is 52.7 Å². The van der Waals surface area contributed by atoms with Crippen LogP contribution in [0.3, 0.4) is 0 Å². The highest BCUT2D eigenvalue weighted by Gasteiger charge is 2.14. The number of hydrogen-bond acceptors (Lipinski definition) is 3. The number of nitrogens with one attached hydrogen (secondary N) is 1. The molecule has 0 spiro atoms. The van der Waals surface area contributed by atoms with E-state index in [1.165, 1.54) is 5.56 Å². The van der Waals surface area contributed by atoms with E-state index in [1.807, 2.05) is 24.3 Å². The standard InChI is InChI=1S/C16H12N4/c1-11-6-8-12(9-7-11)13-4-2-3-5-14(13)16-15(10-17)18-20-19-16/h2-9H,1H3,(H,18,19,20). The van der Waals surface area contributed by atoms with Crippen LogP contribution in [0.5, 0.6) is 0 Å². The van der Waals surface area contributed by atoms with Gasteiger partial charge in [-0.25, -0.2) is 0 Å². The van der Waals surface area contributed by atoms with Gasteiger partial charge in [-0.1, -0.05) is 54.1 Å². The first-order chi connectivity index (χ1) is 9.79. The van der Waals surface area contributed by atoms with Crippen molar-refractivity contribution in [1.29, 1.82) is 5.26 Å². The largest absolute Gasteiger partial charge is 0.196 e. The number of aromatic nitrogens is 3. The Balaban J connectivity index is 2.19. The molecule has 20 heavy (non-hydrogen) atoms. The van der Waals surface area contributed by atoms with Gasteiger partial charge in [0.2, 0.25) is 0 Å². The minimum atomic E-state index is 0.310. The molecule has 1 heterocycles.